The molecule has 0 aliphatic carbocycles. The summed E-state index contributed by atoms with van der Waals surface area (Å²) < 4.78 is 0. The van der Waals surface area contributed by atoms with Crippen LogP contribution in [0.1, 0.15) is 0 Å². The SMILES string of the molecule is c1cnc2c(c1)cc(-c1ccc(-c3ccc4cc(-c5ccc6ccc(-c7ccncn7)nc6c5)ccc4n3)cc1)c1cccnc12.c1cnc2c(c1)ccc1ccc(-c3ccc(-c4ccc5cc(-c6ccc7ccc(-c8ccncn8)nc7c6)ccc5n4)c4ccccc34)nc12. The third kappa shape index (κ3) is 10.2. The van der Waals surface area contributed by atoms with Gasteiger partial charge in [0.15, 0.2) is 0 Å². The van der Waals surface area contributed by atoms with Crippen LogP contribution < -0.4 is 0 Å². The highest BCUT2D eigenvalue weighted by Crippen LogP contribution is 2.39. The average molecular weight is 1230 g/mol. The fraction of sp³-hybridized carbons (Fsp3) is 0. The molecule has 0 amide bonds. The van der Waals surface area contributed by atoms with Crippen LogP contribution in [0.25, 0.3) is 188 Å². The average Bonchev–Trinajstić information content (AvgIpc) is 0.798. The highest BCUT2D eigenvalue weighted by Gasteiger charge is 2.17. The van der Waals surface area contributed by atoms with E-state index >= 15 is 0 Å². The van der Waals surface area contributed by atoms with Crippen LogP contribution in [-0.2, 0) is 0 Å². The van der Waals surface area contributed by atoms with Crippen molar-refractivity contribution in [2.45, 2.75) is 0 Å². The van der Waals surface area contributed by atoms with Crippen LogP contribution in [-0.4, -0.2) is 59.8 Å². The number of fused-ring (bicyclic) bond motifs is 11. The number of rotatable bonds is 8. The lowest BCUT2D eigenvalue weighted by Crippen LogP contribution is -1.92. The summed E-state index contributed by atoms with van der Waals surface area (Å²) in [6, 6.07) is 90.5. The van der Waals surface area contributed by atoms with E-state index in [1.54, 1.807) is 25.0 Å². The third-order valence-electron chi connectivity index (χ3n) is 18.0. The summed E-state index contributed by atoms with van der Waals surface area (Å²) in [7, 11) is 0. The maximum Gasteiger partial charge on any atom is 0.116 e. The Morgan fingerprint density at radius 2 is 0.615 bits per heavy atom. The molecule has 0 aliphatic rings. The first-order chi connectivity index (χ1) is 47.5. The number of aromatic nitrogens is 12. The molecule has 9 aromatic carbocycles. The van der Waals surface area contributed by atoms with E-state index in [0.717, 1.165) is 188 Å². The van der Waals surface area contributed by atoms with E-state index in [2.05, 4.69) is 253 Å². The van der Waals surface area contributed by atoms with Gasteiger partial charge in [-0.2, -0.15) is 0 Å². The highest BCUT2D eigenvalue weighted by molar-refractivity contribution is 6.11. The van der Waals surface area contributed by atoms with E-state index in [1.165, 1.54) is 0 Å². The van der Waals surface area contributed by atoms with Gasteiger partial charge in [0.1, 0.15) is 12.7 Å². The largest absolute Gasteiger partial charge is 0.254 e. The molecule has 0 atom stereocenters. The monoisotopic (exact) mass is 1230 g/mol. The Labute approximate surface area is 549 Å². The number of hydrogen-bond donors (Lipinski definition) is 0. The maximum atomic E-state index is 5.15. The van der Waals surface area contributed by atoms with Gasteiger partial charge in [-0.1, -0.05) is 158 Å². The number of benzene rings is 9. The van der Waals surface area contributed by atoms with E-state index in [1.807, 2.05) is 61.1 Å². The van der Waals surface area contributed by atoms with E-state index in [-0.39, 0.29) is 0 Å². The van der Waals surface area contributed by atoms with Crippen LogP contribution >= 0.6 is 0 Å². The summed E-state index contributed by atoms with van der Waals surface area (Å²) in [6.07, 6.45) is 12.0. The van der Waals surface area contributed by atoms with Gasteiger partial charge in [0.2, 0.25) is 0 Å². The van der Waals surface area contributed by atoms with E-state index < -0.39 is 0 Å². The Hall–Kier alpha value is -13.3. The predicted octanol–water partition coefficient (Wildman–Crippen LogP) is 19.8. The van der Waals surface area contributed by atoms with Crippen molar-refractivity contribution >= 4 is 98.0 Å². The molecule has 0 saturated heterocycles. The van der Waals surface area contributed by atoms with Gasteiger partial charge >= 0.3 is 0 Å². The second kappa shape index (κ2) is 23.4. The van der Waals surface area contributed by atoms with E-state index in [0.29, 0.717) is 0 Å². The summed E-state index contributed by atoms with van der Waals surface area (Å²) in [5.41, 5.74) is 23.4. The van der Waals surface area contributed by atoms with Crippen molar-refractivity contribution in [3.8, 4) is 89.9 Å². The molecule has 0 fully saturated rings. The summed E-state index contributed by atoms with van der Waals surface area (Å²) >= 11 is 0. The lowest BCUT2D eigenvalue weighted by molar-refractivity contribution is 1.16. The molecule has 19 aromatic rings. The zero-order chi connectivity index (χ0) is 63.5. The molecule has 0 saturated carbocycles. The van der Waals surface area contributed by atoms with Crippen molar-refractivity contribution in [3.05, 3.63) is 304 Å². The molecule has 0 radical (unpaired) electrons. The van der Waals surface area contributed by atoms with Gasteiger partial charge in [0.25, 0.3) is 0 Å². The Morgan fingerprint density at radius 1 is 0.188 bits per heavy atom. The number of pyridine rings is 8. The second-order valence-corrected chi connectivity index (χ2v) is 23.7. The number of hydrogen-bond acceptors (Lipinski definition) is 12. The molecule has 0 bridgehead atoms. The zero-order valence-corrected chi connectivity index (χ0v) is 51.2. The highest BCUT2D eigenvalue weighted by atomic mass is 14.9. The van der Waals surface area contributed by atoms with Crippen molar-refractivity contribution in [2.24, 2.45) is 0 Å². The van der Waals surface area contributed by atoms with Gasteiger partial charge in [-0.25, -0.2) is 44.9 Å². The Balaban J connectivity index is 0.000000141. The Kier molecular flexibility index (Phi) is 13.5. The first kappa shape index (κ1) is 55.5. The molecular weight excluding hydrogens is 1180 g/mol. The molecule has 446 valence electrons. The Bertz CT molecular complexity index is 6290. The minimum Gasteiger partial charge on any atom is -0.254 e. The normalized spacial score (nSPS) is 11.5. The smallest absolute Gasteiger partial charge is 0.116 e. The molecule has 0 unspecified atom stereocenters. The lowest BCUT2D eigenvalue weighted by Gasteiger charge is -2.13. The van der Waals surface area contributed by atoms with Crippen molar-refractivity contribution in [1.82, 2.24) is 59.8 Å². The molecular formula is C84H50N12. The van der Waals surface area contributed by atoms with Crippen molar-refractivity contribution < 1.29 is 0 Å². The predicted molar refractivity (Wildman–Crippen MR) is 387 cm³/mol. The van der Waals surface area contributed by atoms with Gasteiger partial charge in [0.05, 0.1) is 84.0 Å². The summed E-state index contributed by atoms with van der Waals surface area (Å²) in [4.78, 5) is 55.8. The topological polar surface area (TPSA) is 155 Å². The van der Waals surface area contributed by atoms with Crippen LogP contribution in [0.5, 0.6) is 0 Å². The lowest BCUT2D eigenvalue weighted by atomic mass is 9.95. The molecule has 10 heterocycles. The fourth-order valence-corrected chi connectivity index (χ4v) is 13.1. The minimum atomic E-state index is 0.805. The number of nitrogens with zero attached hydrogens (tertiary/aromatic N) is 12. The van der Waals surface area contributed by atoms with Gasteiger partial charge in [-0.15, -0.1) is 0 Å². The van der Waals surface area contributed by atoms with Crippen LogP contribution in [0.4, 0.5) is 0 Å². The molecule has 10 aromatic heterocycles. The second-order valence-electron chi connectivity index (χ2n) is 23.7. The Morgan fingerprint density at radius 3 is 1.22 bits per heavy atom. The van der Waals surface area contributed by atoms with Gasteiger partial charge in [0, 0.05) is 90.8 Å². The molecule has 12 heteroatoms. The summed E-state index contributed by atoms with van der Waals surface area (Å²) in [6.45, 7) is 0. The van der Waals surface area contributed by atoms with Crippen LogP contribution in [0.2, 0.25) is 0 Å². The summed E-state index contributed by atoms with van der Waals surface area (Å²) in [5.74, 6) is 0. The molecule has 12 nitrogen and oxygen atoms in total. The van der Waals surface area contributed by atoms with Crippen molar-refractivity contribution in [3.63, 3.8) is 0 Å². The van der Waals surface area contributed by atoms with Crippen LogP contribution in [0, 0.1) is 0 Å². The van der Waals surface area contributed by atoms with Crippen molar-refractivity contribution in [1.29, 1.82) is 0 Å². The van der Waals surface area contributed by atoms with E-state index in [4.69, 9.17) is 24.9 Å². The molecule has 0 aliphatic heterocycles. The minimum absolute atomic E-state index is 0.805. The van der Waals surface area contributed by atoms with Gasteiger partial charge < -0.3 is 0 Å². The standard InChI is InChI=1S/C44H26N6.C40H24N6/c1-2-6-34-33(5-1)35(15-16-36(34)39-18-12-29-9-8-28-4-3-22-46-43(28)44(29)50-39)38-19-14-32-24-30(13-17-37(32)48-38)31-10-7-27-11-20-41(49-42(27)25-31)40-21-23-45-26-47-40;1-3-31-22-33(32-4-2-19-43-40(32)39(31)42-18-1)25-5-7-26(8-6-25)34-15-13-30-21-28(12-14-35(30)45-34)29-10-9-27-11-16-37(46-38(27)23-29)36-17-20-41-24-44-36/h1-26H;1-24H. The van der Waals surface area contributed by atoms with Gasteiger partial charge in [-0.3, -0.25) is 15.0 Å². The molecule has 0 spiro atoms. The molecule has 96 heavy (non-hydrogen) atoms. The van der Waals surface area contributed by atoms with E-state index in [9.17, 15) is 0 Å². The van der Waals surface area contributed by atoms with Crippen LogP contribution in [0.15, 0.2) is 304 Å². The molecule has 0 N–H and O–H groups in total. The first-order valence-electron chi connectivity index (χ1n) is 31.6. The maximum absolute atomic E-state index is 5.15. The third-order valence-corrected chi connectivity index (χ3v) is 18.0. The van der Waals surface area contributed by atoms with Crippen molar-refractivity contribution in [2.75, 3.05) is 0 Å². The first-order valence-corrected chi connectivity index (χ1v) is 31.6. The van der Waals surface area contributed by atoms with Gasteiger partial charge in [-0.05, 0) is 147 Å². The quantitative estimate of drug-likeness (QED) is 0.133. The molecule has 19 rings (SSSR count). The zero-order valence-electron chi connectivity index (χ0n) is 51.2. The van der Waals surface area contributed by atoms with Crippen LogP contribution in [0.3, 0.4) is 0 Å². The fourth-order valence-electron chi connectivity index (χ4n) is 13.1. The summed E-state index contributed by atoms with van der Waals surface area (Å²) in [5, 5.41) is 10.9.